The van der Waals surface area contributed by atoms with Gasteiger partial charge in [0.2, 0.25) is 5.91 Å². The van der Waals surface area contributed by atoms with E-state index in [0.29, 0.717) is 6.42 Å². The Morgan fingerprint density at radius 2 is 2.38 bits per heavy atom. The Bertz CT molecular complexity index is 436. The SMILES string of the molecule is CCC(O)CCCCC(=O)N1CCCC1c1cccnc1. The predicted molar refractivity (Wildman–Crippen MR) is 82.7 cm³/mol. The molecule has 1 aromatic rings. The quantitative estimate of drug-likeness (QED) is 0.785. The molecule has 2 atom stereocenters. The molecule has 0 aliphatic carbocycles. The fraction of sp³-hybridized carbons (Fsp3) is 0.647. The van der Waals surface area contributed by atoms with Gasteiger partial charge in [0.1, 0.15) is 0 Å². The van der Waals surface area contributed by atoms with Crippen LogP contribution in [0, 0.1) is 0 Å². The summed E-state index contributed by atoms with van der Waals surface area (Å²) in [5, 5.41) is 9.52. The monoisotopic (exact) mass is 290 g/mol. The molecule has 0 bridgehead atoms. The number of unbranched alkanes of at least 4 members (excludes halogenated alkanes) is 1. The lowest BCUT2D eigenvalue weighted by molar-refractivity contribution is -0.132. The van der Waals surface area contributed by atoms with Crippen LogP contribution in [-0.4, -0.2) is 33.5 Å². The number of likely N-dealkylation sites (tertiary alicyclic amines) is 1. The first-order valence-electron chi connectivity index (χ1n) is 8.09. The highest BCUT2D eigenvalue weighted by Crippen LogP contribution is 2.32. The Morgan fingerprint density at radius 3 is 3.10 bits per heavy atom. The van der Waals surface area contributed by atoms with Gasteiger partial charge in [0.15, 0.2) is 0 Å². The van der Waals surface area contributed by atoms with Crippen molar-refractivity contribution in [3.63, 3.8) is 0 Å². The van der Waals surface area contributed by atoms with Gasteiger partial charge in [-0.2, -0.15) is 0 Å². The van der Waals surface area contributed by atoms with Crippen LogP contribution in [0.25, 0.3) is 0 Å². The van der Waals surface area contributed by atoms with Crippen molar-refractivity contribution >= 4 is 5.91 Å². The van der Waals surface area contributed by atoms with Crippen molar-refractivity contribution in [1.29, 1.82) is 0 Å². The highest BCUT2D eigenvalue weighted by atomic mass is 16.3. The van der Waals surface area contributed by atoms with Crippen molar-refractivity contribution in [2.45, 2.75) is 64.0 Å². The van der Waals surface area contributed by atoms with Gasteiger partial charge in [-0.05, 0) is 43.7 Å². The van der Waals surface area contributed by atoms with Crippen molar-refractivity contribution in [3.8, 4) is 0 Å². The first-order valence-corrected chi connectivity index (χ1v) is 8.09. The summed E-state index contributed by atoms with van der Waals surface area (Å²) in [6.45, 7) is 2.84. The predicted octanol–water partition coefficient (Wildman–Crippen LogP) is 3.08. The number of aromatic nitrogens is 1. The van der Waals surface area contributed by atoms with E-state index in [1.165, 1.54) is 0 Å². The summed E-state index contributed by atoms with van der Waals surface area (Å²) in [5.41, 5.74) is 1.14. The molecule has 1 saturated heterocycles. The lowest BCUT2D eigenvalue weighted by Crippen LogP contribution is -2.30. The lowest BCUT2D eigenvalue weighted by Gasteiger charge is -2.25. The molecule has 0 spiro atoms. The van der Waals surface area contributed by atoms with E-state index in [1.807, 2.05) is 24.1 Å². The van der Waals surface area contributed by atoms with Crippen molar-refractivity contribution in [1.82, 2.24) is 9.88 Å². The molecule has 2 heterocycles. The molecule has 0 aromatic carbocycles. The minimum absolute atomic E-state index is 0.201. The smallest absolute Gasteiger partial charge is 0.223 e. The average molecular weight is 290 g/mol. The molecule has 2 rings (SSSR count). The molecule has 4 heteroatoms. The number of aliphatic hydroxyl groups excluding tert-OH is 1. The summed E-state index contributed by atoms with van der Waals surface area (Å²) in [6, 6.07) is 4.19. The minimum atomic E-state index is -0.213. The van der Waals surface area contributed by atoms with Crippen LogP contribution in [0.1, 0.15) is 63.5 Å². The zero-order valence-electron chi connectivity index (χ0n) is 12.9. The molecule has 1 fully saturated rings. The largest absolute Gasteiger partial charge is 0.393 e. The van der Waals surface area contributed by atoms with Crippen LogP contribution in [-0.2, 0) is 4.79 Å². The Kier molecular flexibility index (Phi) is 6.18. The fourth-order valence-corrected chi connectivity index (χ4v) is 2.99. The van der Waals surface area contributed by atoms with E-state index in [9.17, 15) is 9.90 Å². The molecular weight excluding hydrogens is 264 g/mol. The van der Waals surface area contributed by atoms with Gasteiger partial charge in [-0.15, -0.1) is 0 Å². The molecule has 21 heavy (non-hydrogen) atoms. The van der Waals surface area contributed by atoms with Crippen LogP contribution in [0.3, 0.4) is 0 Å². The first-order chi connectivity index (χ1) is 10.2. The fourth-order valence-electron chi connectivity index (χ4n) is 2.99. The second-order valence-electron chi connectivity index (χ2n) is 5.84. The zero-order chi connectivity index (χ0) is 15.1. The third-order valence-corrected chi connectivity index (χ3v) is 4.29. The summed E-state index contributed by atoms with van der Waals surface area (Å²) >= 11 is 0. The number of hydrogen-bond acceptors (Lipinski definition) is 3. The van der Waals surface area contributed by atoms with E-state index in [2.05, 4.69) is 11.1 Å². The van der Waals surface area contributed by atoms with Gasteiger partial charge in [0.05, 0.1) is 12.1 Å². The highest BCUT2D eigenvalue weighted by Gasteiger charge is 2.29. The number of aliphatic hydroxyl groups is 1. The van der Waals surface area contributed by atoms with Crippen LogP contribution in [0.5, 0.6) is 0 Å². The molecule has 1 aromatic heterocycles. The Hall–Kier alpha value is -1.42. The Morgan fingerprint density at radius 1 is 1.52 bits per heavy atom. The normalized spacial score (nSPS) is 19.7. The second kappa shape index (κ2) is 8.13. The Labute approximate surface area is 127 Å². The number of carbonyl (C=O) groups excluding carboxylic acids is 1. The average Bonchev–Trinajstić information content (AvgIpc) is 3.01. The number of nitrogens with zero attached hydrogens (tertiary/aromatic N) is 2. The van der Waals surface area contributed by atoms with E-state index in [1.54, 1.807) is 6.20 Å². The van der Waals surface area contributed by atoms with E-state index < -0.39 is 0 Å². The minimum Gasteiger partial charge on any atom is -0.393 e. The van der Waals surface area contributed by atoms with Gasteiger partial charge >= 0.3 is 0 Å². The summed E-state index contributed by atoms with van der Waals surface area (Å²) in [7, 11) is 0. The molecule has 0 saturated carbocycles. The number of carbonyl (C=O) groups is 1. The van der Waals surface area contributed by atoms with Crippen molar-refractivity contribution in [2.24, 2.45) is 0 Å². The zero-order valence-corrected chi connectivity index (χ0v) is 12.9. The number of amides is 1. The van der Waals surface area contributed by atoms with Crippen molar-refractivity contribution in [2.75, 3.05) is 6.54 Å². The third-order valence-electron chi connectivity index (χ3n) is 4.29. The van der Waals surface area contributed by atoms with Crippen LogP contribution < -0.4 is 0 Å². The lowest BCUT2D eigenvalue weighted by atomic mass is 10.1. The second-order valence-corrected chi connectivity index (χ2v) is 5.84. The van der Waals surface area contributed by atoms with Gasteiger partial charge in [-0.1, -0.05) is 19.4 Å². The first kappa shape index (κ1) is 16.0. The molecule has 116 valence electrons. The third kappa shape index (κ3) is 4.53. The molecule has 1 amide bonds. The number of rotatable bonds is 7. The van der Waals surface area contributed by atoms with Crippen LogP contribution in [0.2, 0.25) is 0 Å². The van der Waals surface area contributed by atoms with Crippen molar-refractivity contribution in [3.05, 3.63) is 30.1 Å². The van der Waals surface area contributed by atoms with Gasteiger partial charge in [-0.25, -0.2) is 0 Å². The molecule has 1 aliphatic rings. The van der Waals surface area contributed by atoms with Crippen LogP contribution >= 0.6 is 0 Å². The highest BCUT2D eigenvalue weighted by molar-refractivity contribution is 5.77. The van der Waals surface area contributed by atoms with Gasteiger partial charge in [0.25, 0.3) is 0 Å². The van der Waals surface area contributed by atoms with Crippen LogP contribution in [0.15, 0.2) is 24.5 Å². The molecule has 0 radical (unpaired) electrons. The Balaban J connectivity index is 1.81. The maximum atomic E-state index is 12.4. The van der Waals surface area contributed by atoms with Crippen LogP contribution in [0.4, 0.5) is 0 Å². The van der Waals surface area contributed by atoms with E-state index in [0.717, 1.165) is 50.6 Å². The molecule has 1 aliphatic heterocycles. The van der Waals surface area contributed by atoms with Gasteiger partial charge < -0.3 is 10.0 Å². The summed E-state index contributed by atoms with van der Waals surface area (Å²) in [4.78, 5) is 18.6. The van der Waals surface area contributed by atoms with E-state index in [4.69, 9.17) is 0 Å². The molecule has 2 unspecified atom stereocenters. The van der Waals surface area contributed by atoms with Gasteiger partial charge in [-0.3, -0.25) is 9.78 Å². The van der Waals surface area contributed by atoms with Gasteiger partial charge in [0, 0.05) is 25.4 Å². The molecular formula is C17H26N2O2. The number of pyridine rings is 1. The van der Waals surface area contributed by atoms with Crippen molar-refractivity contribution < 1.29 is 9.90 Å². The summed E-state index contributed by atoms with van der Waals surface area (Å²) in [6.07, 6.45) is 9.50. The standard InChI is InChI=1S/C17H26N2O2/c1-2-15(20)8-3-4-10-17(21)19-12-6-9-16(19)14-7-5-11-18-13-14/h5,7,11,13,15-16,20H,2-4,6,8-10,12H2,1H3. The molecule has 1 N–H and O–H groups in total. The maximum absolute atomic E-state index is 12.4. The number of hydrogen-bond donors (Lipinski definition) is 1. The summed E-state index contributed by atoms with van der Waals surface area (Å²) in [5.74, 6) is 0.243. The van der Waals surface area contributed by atoms with E-state index in [-0.39, 0.29) is 18.1 Å². The summed E-state index contributed by atoms with van der Waals surface area (Å²) < 4.78 is 0. The van der Waals surface area contributed by atoms with E-state index >= 15 is 0 Å². The maximum Gasteiger partial charge on any atom is 0.223 e. The molecule has 4 nitrogen and oxygen atoms in total. The topological polar surface area (TPSA) is 53.4 Å².